The van der Waals surface area contributed by atoms with Crippen LogP contribution < -0.4 is 11.1 Å². The Morgan fingerprint density at radius 2 is 2.16 bits per heavy atom. The zero-order valence-corrected chi connectivity index (χ0v) is 10.8. The number of carbonyl (C=O) groups excluding carboxylic acids is 1. The first-order valence-corrected chi connectivity index (χ1v) is 5.83. The van der Waals surface area contributed by atoms with E-state index in [9.17, 15) is 9.18 Å². The van der Waals surface area contributed by atoms with Crippen LogP contribution in [0.15, 0.2) is 30.5 Å². The van der Waals surface area contributed by atoms with Gasteiger partial charge in [0.1, 0.15) is 11.0 Å². The van der Waals surface area contributed by atoms with Gasteiger partial charge in [-0.15, -0.1) is 0 Å². The van der Waals surface area contributed by atoms with Crippen molar-refractivity contribution < 1.29 is 9.18 Å². The van der Waals surface area contributed by atoms with Gasteiger partial charge in [-0.1, -0.05) is 11.6 Å². The molecule has 0 bridgehead atoms. The van der Waals surface area contributed by atoms with E-state index in [0.29, 0.717) is 10.8 Å². The second-order valence-electron chi connectivity index (χ2n) is 4.02. The van der Waals surface area contributed by atoms with E-state index < -0.39 is 11.7 Å². The van der Waals surface area contributed by atoms with Crippen LogP contribution in [-0.4, -0.2) is 10.9 Å². The summed E-state index contributed by atoms with van der Waals surface area (Å²) in [4.78, 5) is 15.8. The topological polar surface area (TPSA) is 68.0 Å². The predicted octanol–water partition coefficient (Wildman–Crippen LogP) is 3.02. The second kappa shape index (κ2) is 5.24. The standard InChI is InChI=1S/C13H11ClFN3O/c1-7-4-9(6-17-12(7)14)18-13(19)8-2-3-10(15)11(16)5-8/h2-6H,16H2,1H3,(H,18,19). The van der Waals surface area contributed by atoms with Crippen molar-refractivity contribution in [3.8, 4) is 0 Å². The molecule has 1 aromatic carbocycles. The van der Waals surface area contributed by atoms with Crippen LogP contribution in [0.3, 0.4) is 0 Å². The van der Waals surface area contributed by atoms with Crippen molar-refractivity contribution >= 4 is 28.9 Å². The third-order valence-electron chi connectivity index (χ3n) is 2.53. The molecule has 2 rings (SSSR count). The molecule has 0 aliphatic carbocycles. The number of pyridine rings is 1. The van der Waals surface area contributed by atoms with Crippen molar-refractivity contribution in [1.29, 1.82) is 0 Å². The largest absolute Gasteiger partial charge is 0.396 e. The molecule has 1 aromatic heterocycles. The molecule has 2 aromatic rings. The molecule has 0 aliphatic rings. The van der Waals surface area contributed by atoms with Gasteiger partial charge in [0.2, 0.25) is 0 Å². The minimum absolute atomic E-state index is 0.0712. The van der Waals surface area contributed by atoms with Crippen molar-refractivity contribution in [3.63, 3.8) is 0 Å². The number of nitrogens with two attached hydrogens (primary N) is 1. The van der Waals surface area contributed by atoms with Crippen LogP contribution in [0.4, 0.5) is 15.8 Å². The van der Waals surface area contributed by atoms with E-state index in [-0.39, 0.29) is 11.3 Å². The molecule has 0 aliphatic heterocycles. The number of amides is 1. The van der Waals surface area contributed by atoms with E-state index in [2.05, 4.69) is 10.3 Å². The number of aryl methyl sites for hydroxylation is 1. The average molecular weight is 280 g/mol. The van der Waals surface area contributed by atoms with Gasteiger partial charge in [-0.2, -0.15) is 0 Å². The van der Waals surface area contributed by atoms with Gasteiger partial charge >= 0.3 is 0 Å². The smallest absolute Gasteiger partial charge is 0.255 e. The molecule has 0 radical (unpaired) electrons. The van der Waals surface area contributed by atoms with Crippen molar-refractivity contribution in [2.45, 2.75) is 6.92 Å². The van der Waals surface area contributed by atoms with E-state index in [1.807, 2.05) is 0 Å². The Morgan fingerprint density at radius 3 is 2.79 bits per heavy atom. The van der Waals surface area contributed by atoms with Gasteiger partial charge in [0.25, 0.3) is 5.91 Å². The number of rotatable bonds is 2. The maximum absolute atomic E-state index is 13.0. The van der Waals surface area contributed by atoms with E-state index in [0.717, 1.165) is 11.6 Å². The minimum atomic E-state index is -0.555. The Balaban J connectivity index is 2.20. The average Bonchev–Trinajstić information content (AvgIpc) is 2.37. The Hall–Kier alpha value is -2.14. The summed E-state index contributed by atoms with van der Waals surface area (Å²) in [7, 11) is 0. The van der Waals surface area contributed by atoms with Crippen molar-refractivity contribution in [1.82, 2.24) is 4.98 Å². The molecule has 0 spiro atoms. The predicted molar refractivity (Wildman–Crippen MR) is 72.7 cm³/mol. The SMILES string of the molecule is Cc1cc(NC(=O)c2ccc(F)c(N)c2)cnc1Cl. The van der Waals surface area contributed by atoms with E-state index in [1.165, 1.54) is 18.3 Å². The number of benzene rings is 1. The molecule has 3 N–H and O–H groups in total. The van der Waals surface area contributed by atoms with Gasteiger partial charge in [-0.3, -0.25) is 4.79 Å². The summed E-state index contributed by atoms with van der Waals surface area (Å²) in [6.07, 6.45) is 1.44. The summed E-state index contributed by atoms with van der Waals surface area (Å²) in [5.74, 6) is -0.948. The lowest BCUT2D eigenvalue weighted by molar-refractivity contribution is 0.102. The highest BCUT2D eigenvalue weighted by atomic mass is 35.5. The van der Waals surface area contributed by atoms with E-state index >= 15 is 0 Å². The van der Waals surface area contributed by atoms with Gasteiger partial charge in [0.05, 0.1) is 17.6 Å². The lowest BCUT2D eigenvalue weighted by Crippen LogP contribution is -2.12. The summed E-state index contributed by atoms with van der Waals surface area (Å²) < 4.78 is 13.0. The third kappa shape index (κ3) is 3.00. The molecule has 6 heteroatoms. The van der Waals surface area contributed by atoms with Crippen LogP contribution in [0.5, 0.6) is 0 Å². The van der Waals surface area contributed by atoms with Gasteiger partial charge < -0.3 is 11.1 Å². The molecule has 0 saturated heterocycles. The first-order chi connectivity index (χ1) is 8.97. The van der Waals surface area contributed by atoms with Gasteiger partial charge in [-0.25, -0.2) is 9.37 Å². The van der Waals surface area contributed by atoms with Crippen LogP contribution in [0.25, 0.3) is 0 Å². The zero-order valence-electron chi connectivity index (χ0n) is 10.1. The second-order valence-corrected chi connectivity index (χ2v) is 4.38. The van der Waals surface area contributed by atoms with Gasteiger partial charge in [-0.05, 0) is 36.8 Å². The van der Waals surface area contributed by atoms with E-state index in [1.54, 1.807) is 13.0 Å². The number of nitrogen functional groups attached to an aromatic ring is 1. The van der Waals surface area contributed by atoms with Crippen LogP contribution in [0.2, 0.25) is 5.15 Å². The number of halogens is 2. The zero-order chi connectivity index (χ0) is 14.0. The summed E-state index contributed by atoms with van der Waals surface area (Å²) >= 11 is 5.79. The first kappa shape index (κ1) is 13.3. The number of aromatic nitrogens is 1. The fourth-order valence-electron chi connectivity index (χ4n) is 1.51. The van der Waals surface area contributed by atoms with Crippen molar-refractivity contribution in [2.24, 2.45) is 0 Å². The lowest BCUT2D eigenvalue weighted by Gasteiger charge is -2.07. The first-order valence-electron chi connectivity index (χ1n) is 5.46. The fourth-order valence-corrected chi connectivity index (χ4v) is 1.62. The molecule has 0 saturated carbocycles. The number of nitrogens with one attached hydrogen (secondary N) is 1. The Labute approximate surface area is 114 Å². The molecular formula is C13H11ClFN3O. The molecule has 0 unspecified atom stereocenters. The van der Waals surface area contributed by atoms with Crippen molar-refractivity contribution in [2.75, 3.05) is 11.1 Å². The van der Waals surface area contributed by atoms with Gasteiger partial charge in [0.15, 0.2) is 0 Å². The molecule has 4 nitrogen and oxygen atoms in total. The number of anilines is 2. The highest BCUT2D eigenvalue weighted by Gasteiger charge is 2.09. The van der Waals surface area contributed by atoms with Gasteiger partial charge in [0, 0.05) is 5.56 Å². The maximum Gasteiger partial charge on any atom is 0.255 e. The number of hydrogen-bond acceptors (Lipinski definition) is 3. The molecule has 1 heterocycles. The van der Waals surface area contributed by atoms with Crippen molar-refractivity contribution in [3.05, 3.63) is 52.6 Å². The minimum Gasteiger partial charge on any atom is -0.396 e. The number of carbonyl (C=O) groups is 1. The highest BCUT2D eigenvalue weighted by Crippen LogP contribution is 2.18. The molecule has 19 heavy (non-hydrogen) atoms. The summed E-state index contributed by atoms with van der Waals surface area (Å²) in [6.45, 7) is 1.78. The normalized spacial score (nSPS) is 10.3. The number of hydrogen-bond donors (Lipinski definition) is 2. The van der Waals surface area contributed by atoms with E-state index in [4.69, 9.17) is 17.3 Å². The summed E-state index contributed by atoms with van der Waals surface area (Å²) in [5, 5.41) is 3.01. The number of nitrogens with zero attached hydrogens (tertiary/aromatic N) is 1. The monoisotopic (exact) mass is 279 g/mol. The quantitative estimate of drug-likeness (QED) is 0.656. The third-order valence-corrected chi connectivity index (χ3v) is 2.93. The lowest BCUT2D eigenvalue weighted by atomic mass is 10.2. The Morgan fingerprint density at radius 1 is 1.42 bits per heavy atom. The molecule has 0 atom stereocenters. The van der Waals surface area contributed by atoms with Crippen LogP contribution in [0, 0.1) is 12.7 Å². The fraction of sp³-hybridized carbons (Fsp3) is 0.0769. The Bertz CT molecular complexity index is 646. The summed E-state index contributed by atoms with van der Waals surface area (Å²) in [6, 6.07) is 5.48. The van der Waals surface area contributed by atoms with Crippen LogP contribution >= 0.6 is 11.6 Å². The summed E-state index contributed by atoms with van der Waals surface area (Å²) in [5.41, 5.74) is 6.87. The molecule has 98 valence electrons. The highest BCUT2D eigenvalue weighted by molar-refractivity contribution is 6.30. The maximum atomic E-state index is 13.0. The molecule has 1 amide bonds. The molecular weight excluding hydrogens is 269 g/mol. The van der Waals surface area contributed by atoms with Crippen LogP contribution in [0.1, 0.15) is 15.9 Å². The molecule has 0 fully saturated rings. The Kier molecular flexibility index (Phi) is 3.66. The van der Waals surface area contributed by atoms with Crippen LogP contribution in [-0.2, 0) is 0 Å².